The van der Waals surface area contributed by atoms with Gasteiger partial charge in [-0.2, -0.15) is 0 Å². The first-order valence-electron chi connectivity index (χ1n) is 12.0. The summed E-state index contributed by atoms with van der Waals surface area (Å²) in [5.74, 6) is -0.306. The van der Waals surface area contributed by atoms with Crippen molar-refractivity contribution in [1.29, 1.82) is 0 Å². The molecule has 4 heterocycles. The van der Waals surface area contributed by atoms with Crippen LogP contribution in [-0.4, -0.2) is 89.5 Å². The molecule has 1 aromatic heterocycles. The lowest BCUT2D eigenvalue weighted by Gasteiger charge is -2.45. The number of halogens is 1. The highest BCUT2D eigenvalue weighted by atomic mass is 19.1. The van der Waals surface area contributed by atoms with Crippen LogP contribution in [0.2, 0.25) is 0 Å². The van der Waals surface area contributed by atoms with Crippen LogP contribution in [0.3, 0.4) is 0 Å². The molecule has 0 N–H and O–H groups in total. The van der Waals surface area contributed by atoms with E-state index in [2.05, 4.69) is 14.9 Å². The van der Waals surface area contributed by atoms with Crippen LogP contribution >= 0.6 is 0 Å². The Bertz CT molecular complexity index is 1060. The van der Waals surface area contributed by atoms with Gasteiger partial charge in [-0.05, 0) is 62.5 Å². The first-order valence-corrected chi connectivity index (χ1v) is 12.0. The minimum Gasteiger partial charge on any atom is -0.337 e. The second kappa shape index (κ2) is 8.94. The van der Waals surface area contributed by atoms with Crippen molar-refractivity contribution in [3.05, 3.63) is 53.9 Å². The number of urea groups is 1. The van der Waals surface area contributed by atoms with Crippen molar-refractivity contribution < 1.29 is 14.0 Å². The van der Waals surface area contributed by atoms with Crippen LogP contribution in [-0.2, 0) is 5.41 Å². The Balaban J connectivity index is 1.23. The van der Waals surface area contributed by atoms with Gasteiger partial charge in [0.05, 0.1) is 6.20 Å². The lowest BCUT2D eigenvalue weighted by molar-refractivity contribution is 0.0526. The van der Waals surface area contributed by atoms with Gasteiger partial charge in [-0.15, -0.1) is 0 Å². The Morgan fingerprint density at radius 1 is 1.09 bits per heavy atom. The second-order valence-corrected chi connectivity index (χ2v) is 9.85. The highest BCUT2D eigenvalue weighted by Gasteiger charge is 2.47. The van der Waals surface area contributed by atoms with Gasteiger partial charge in [0.2, 0.25) is 0 Å². The Morgan fingerprint density at radius 2 is 1.82 bits per heavy atom. The molecule has 0 radical (unpaired) electrons. The summed E-state index contributed by atoms with van der Waals surface area (Å²) in [7, 11) is 3.50. The molecule has 2 saturated heterocycles. The Kier molecular flexibility index (Phi) is 5.97. The molecule has 3 amide bonds. The van der Waals surface area contributed by atoms with Crippen molar-refractivity contribution in [2.45, 2.75) is 37.1 Å². The lowest BCUT2D eigenvalue weighted by Crippen LogP contribution is -2.52. The summed E-state index contributed by atoms with van der Waals surface area (Å²) < 4.78 is 14.2. The predicted octanol–water partition coefficient (Wildman–Crippen LogP) is 2.76. The van der Waals surface area contributed by atoms with E-state index < -0.39 is 0 Å². The van der Waals surface area contributed by atoms with Crippen molar-refractivity contribution in [3.8, 4) is 0 Å². The van der Waals surface area contributed by atoms with Crippen LogP contribution in [0, 0.1) is 5.82 Å². The number of nitrogens with zero attached hydrogens (tertiary/aromatic N) is 6. The van der Waals surface area contributed by atoms with Crippen LogP contribution in [0.15, 0.2) is 36.8 Å². The third kappa shape index (κ3) is 4.02. The summed E-state index contributed by atoms with van der Waals surface area (Å²) in [6.45, 7) is 3.83. The summed E-state index contributed by atoms with van der Waals surface area (Å²) in [6, 6.07) is 5.18. The SMILES string of the molecule is CN(C)C(=O)N1CC2(CCN(C3CCN(C(=O)c4cnccn4)CC3)CC2)c2cc(F)ccc21. The normalized spacial score (nSPS) is 20.4. The summed E-state index contributed by atoms with van der Waals surface area (Å²) >= 11 is 0. The average molecular weight is 467 g/mol. The molecular weight excluding hydrogens is 435 g/mol. The van der Waals surface area contributed by atoms with Gasteiger partial charge in [-0.3, -0.25) is 14.7 Å². The number of aromatic nitrogens is 2. The number of hydrogen-bond acceptors (Lipinski definition) is 5. The molecule has 0 unspecified atom stereocenters. The van der Waals surface area contributed by atoms with E-state index in [0.717, 1.165) is 50.0 Å². The molecule has 3 aliphatic rings. The average Bonchev–Trinajstić information content (AvgIpc) is 3.17. The lowest BCUT2D eigenvalue weighted by atomic mass is 9.74. The molecule has 180 valence electrons. The van der Waals surface area contributed by atoms with Crippen LogP contribution in [0.5, 0.6) is 0 Å². The van der Waals surface area contributed by atoms with Crippen LogP contribution < -0.4 is 4.90 Å². The molecule has 3 aliphatic heterocycles. The van der Waals surface area contributed by atoms with E-state index >= 15 is 0 Å². The van der Waals surface area contributed by atoms with Crippen molar-refractivity contribution in [3.63, 3.8) is 0 Å². The van der Waals surface area contributed by atoms with Crippen molar-refractivity contribution in [2.24, 2.45) is 0 Å². The fourth-order valence-corrected chi connectivity index (χ4v) is 5.80. The number of carbonyl (C=O) groups excluding carboxylic acids is 2. The van der Waals surface area contributed by atoms with E-state index in [0.29, 0.717) is 31.4 Å². The quantitative estimate of drug-likeness (QED) is 0.681. The Labute approximate surface area is 199 Å². The number of anilines is 1. The largest absolute Gasteiger partial charge is 0.337 e. The van der Waals surface area contributed by atoms with Gasteiger partial charge in [0.1, 0.15) is 11.5 Å². The molecule has 1 aromatic carbocycles. The number of carbonyl (C=O) groups is 2. The van der Waals surface area contributed by atoms with Crippen LogP contribution in [0.25, 0.3) is 0 Å². The fourth-order valence-electron chi connectivity index (χ4n) is 5.80. The summed E-state index contributed by atoms with van der Waals surface area (Å²) in [6.07, 6.45) is 8.26. The molecule has 0 atom stereocenters. The second-order valence-electron chi connectivity index (χ2n) is 9.85. The van der Waals surface area contributed by atoms with Crippen molar-refractivity contribution in [2.75, 3.05) is 51.7 Å². The van der Waals surface area contributed by atoms with Crippen LogP contribution in [0.4, 0.5) is 14.9 Å². The minimum absolute atomic E-state index is 0.0561. The van der Waals surface area contributed by atoms with Gasteiger partial charge in [0, 0.05) is 63.3 Å². The monoisotopic (exact) mass is 466 g/mol. The third-order valence-corrected chi connectivity index (χ3v) is 7.70. The van der Waals surface area contributed by atoms with E-state index in [1.165, 1.54) is 12.3 Å². The number of rotatable bonds is 2. The zero-order chi connectivity index (χ0) is 23.9. The smallest absolute Gasteiger partial charge is 0.323 e. The topological polar surface area (TPSA) is 72.9 Å². The number of benzene rings is 1. The molecule has 2 fully saturated rings. The minimum atomic E-state index is -0.250. The maximum absolute atomic E-state index is 14.2. The molecular formula is C25H31FN6O2. The van der Waals surface area contributed by atoms with Crippen LogP contribution in [0.1, 0.15) is 41.7 Å². The van der Waals surface area contributed by atoms with E-state index in [9.17, 15) is 14.0 Å². The van der Waals surface area contributed by atoms with Gasteiger partial charge < -0.3 is 14.7 Å². The molecule has 8 nitrogen and oxygen atoms in total. The first kappa shape index (κ1) is 22.7. The number of likely N-dealkylation sites (tertiary alicyclic amines) is 2. The maximum atomic E-state index is 14.2. The number of piperidine rings is 2. The van der Waals surface area contributed by atoms with E-state index in [1.807, 2.05) is 4.90 Å². The van der Waals surface area contributed by atoms with E-state index in [4.69, 9.17) is 0 Å². The molecule has 2 aromatic rings. The zero-order valence-corrected chi connectivity index (χ0v) is 19.8. The summed E-state index contributed by atoms with van der Waals surface area (Å²) in [5, 5.41) is 0. The molecule has 34 heavy (non-hydrogen) atoms. The molecule has 1 spiro atoms. The van der Waals surface area contributed by atoms with Gasteiger partial charge in [0.25, 0.3) is 5.91 Å². The van der Waals surface area contributed by atoms with Gasteiger partial charge in [0.15, 0.2) is 0 Å². The predicted molar refractivity (Wildman–Crippen MR) is 126 cm³/mol. The fraction of sp³-hybridized carbons (Fsp3) is 0.520. The van der Waals surface area contributed by atoms with Crippen molar-refractivity contribution >= 4 is 17.6 Å². The van der Waals surface area contributed by atoms with E-state index in [-0.39, 0.29) is 23.2 Å². The van der Waals surface area contributed by atoms with Gasteiger partial charge in [-0.1, -0.05) is 0 Å². The maximum Gasteiger partial charge on any atom is 0.323 e. The highest BCUT2D eigenvalue weighted by Crippen LogP contribution is 2.48. The molecule has 0 aliphatic carbocycles. The Hall–Kier alpha value is -3.07. The van der Waals surface area contributed by atoms with E-state index in [1.54, 1.807) is 48.4 Å². The highest BCUT2D eigenvalue weighted by molar-refractivity contribution is 5.95. The standard InChI is InChI=1S/C25H31FN6O2/c1-29(2)24(34)32-17-25(20-15-18(26)3-4-22(20)32)7-13-30(14-8-25)19-5-11-31(12-6-19)23(33)21-16-27-9-10-28-21/h3-4,9-10,15-16,19H,5-8,11-14,17H2,1-2H3. The van der Waals surface area contributed by atoms with Crippen molar-refractivity contribution in [1.82, 2.24) is 24.7 Å². The Morgan fingerprint density at radius 3 is 2.47 bits per heavy atom. The van der Waals surface area contributed by atoms with Gasteiger partial charge in [-0.25, -0.2) is 14.2 Å². The number of hydrogen-bond donors (Lipinski definition) is 0. The molecule has 9 heteroatoms. The number of amides is 3. The molecule has 0 bridgehead atoms. The molecule has 0 saturated carbocycles. The first-order chi connectivity index (χ1) is 16.4. The summed E-state index contributed by atoms with van der Waals surface area (Å²) in [4.78, 5) is 41.4. The van der Waals surface area contributed by atoms with Gasteiger partial charge >= 0.3 is 6.03 Å². The molecule has 5 rings (SSSR count). The number of fused-ring (bicyclic) bond motifs is 2. The summed E-state index contributed by atoms with van der Waals surface area (Å²) in [5.41, 5.74) is 1.99. The zero-order valence-electron chi connectivity index (χ0n) is 19.8. The third-order valence-electron chi connectivity index (χ3n) is 7.70.